The molecule has 1 aromatic heterocycles. The summed E-state index contributed by atoms with van der Waals surface area (Å²) in [5.41, 5.74) is 8.48. The summed E-state index contributed by atoms with van der Waals surface area (Å²) < 4.78 is 0. The topological polar surface area (TPSA) is 68.0 Å². The fourth-order valence-corrected chi connectivity index (χ4v) is 2.07. The SMILES string of the molecule is CCCc1cccc(CNC(=O)c2cccnc2N)c1. The predicted molar refractivity (Wildman–Crippen MR) is 80.3 cm³/mol. The third-order valence-corrected chi connectivity index (χ3v) is 3.07. The zero-order valence-electron chi connectivity index (χ0n) is 11.6. The number of benzene rings is 1. The van der Waals surface area contributed by atoms with Gasteiger partial charge in [0.2, 0.25) is 0 Å². The van der Waals surface area contributed by atoms with E-state index in [1.165, 1.54) is 5.56 Å². The van der Waals surface area contributed by atoms with Gasteiger partial charge in [0.15, 0.2) is 0 Å². The number of nitrogens with zero attached hydrogens (tertiary/aromatic N) is 1. The van der Waals surface area contributed by atoms with Gasteiger partial charge in [0, 0.05) is 12.7 Å². The van der Waals surface area contributed by atoms with E-state index in [1.54, 1.807) is 18.3 Å². The second kappa shape index (κ2) is 6.70. The first kappa shape index (κ1) is 14.1. The van der Waals surface area contributed by atoms with E-state index in [4.69, 9.17) is 5.73 Å². The highest BCUT2D eigenvalue weighted by Crippen LogP contribution is 2.09. The molecule has 0 saturated heterocycles. The molecule has 0 saturated carbocycles. The van der Waals surface area contributed by atoms with Crippen LogP contribution in [0.25, 0.3) is 0 Å². The number of carbonyl (C=O) groups is 1. The molecule has 0 unspecified atom stereocenters. The van der Waals surface area contributed by atoms with Crippen molar-refractivity contribution in [2.75, 3.05) is 5.73 Å². The Kier molecular flexibility index (Phi) is 4.71. The maximum absolute atomic E-state index is 12.0. The van der Waals surface area contributed by atoms with E-state index in [9.17, 15) is 4.79 Å². The van der Waals surface area contributed by atoms with Gasteiger partial charge >= 0.3 is 0 Å². The third kappa shape index (κ3) is 3.57. The minimum atomic E-state index is -0.198. The molecule has 2 rings (SSSR count). The lowest BCUT2D eigenvalue weighted by Gasteiger charge is -2.08. The molecule has 0 atom stereocenters. The fraction of sp³-hybridized carbons (Fsp3) is 0.250. The number of carbonyl (C=O) groups excluding carboxylic acids is 1. The number of amides is 1. The van der Waals surface area contributed by atoms with Gasteiger partial charge in [-0.1, -0.05) is 37.6 Å². The molecule has 2 aromatic rings. The highest BCUT2D eigenvalue weighted by atomic mass is 16.1. The summed E-state index contributed by atoms with van der Waals surface area (Å²) in [6, 6.07) is 11.6. The van der Waals surface area contributed by atoms with Gasteiger partial charge in [-0.3, -0.25) is 4.79 Å². The smallest absolute Gasteiger partial charge is 0.255 e. The number of pyridine rings is 1. The van der Waals surface area contributed by atoms with E-state index in [-0.39, 0.29) is 11.7 Å². The molecule has 1 amide bonds. The number of nitrogen functional groups attached to an aromatic ring is 1. The van der Waals surface area contributed by atoms with Gasteiger partial charge in [0.25, 0.3) is 5.91 Å². The van der Waals surface area contributed by atoms with E-state index >= 15 is 0 Å². The van der Waals surface area contributed by atoms with Crippen LogP contribution in [-0.4, -0.2) is 10.9 Å². The van der Waals surface area contributed by atoms with Crippen LogP contribution in [0.5, 0.6) is 0 Å². The lowest BCUT2D eigenvalue weighted by Crippen LogP contribution is -2.24. The van der Waals surface area contributed by atoms with Gasteiger partial charge in [-0.2, -0.15) is 0 Å². The van der Waals surface area contributed by atoms with Crippen molar-refractivity contribution >= 4 is 11.7 Å². The number of aromatic nitrogens is 1. The Morgan fingerprint density at radius 3 is 2.80 bits per heavy atom. The van der Waals surface area contributed by atoms with Crippen LogP contribution in [0.2, 0.25) is 0 Å². The van der Waals surface area contributed by atoms with Crippen molar-refractivity contribution < 1.29 is 4.79 Å². The maximum Gasteiger partial charge on any atom is 0.255 e. The Hall–Kier alpha value is -2.36. The monoisotopic (exact) mass is 269 g/mol. The Labute approximate surface area is 119 Å². The predicted octanol–water partition coefficient (Wildman–Crippen LogP) is 2.55. The summed E-state index contributed by atoms with van der Waals surface area (Å²) >= 11 is 0. The zero-order chi connectivity index (χ0) is 14.4. The van der Waals surface area contributed by atoms with Crippen molar-refractivity contribution in [3.8, 4) is 0 Å². The molecule has 0 spiro atoms. The molecule has 4 heteroatoms. The number of hydrogen-bond acceptors (Lipinski definition) is 3. The van der Waals surface area contributed by atoms with Crippen molar-refractivity contribution in [2.24, 2.45) is 0 Å². The molecular formula is C16H19N3O. The van der Waals surface area contributed by atoms with E-state index in [1.807, 2.05) is 12.1 Å². The van der Waals surface area contributed by atoms with E-state index in [2.05, 4.69) is 29.4 Å². The van der Waals surface area contributed by atoms with Gasteiger partial charge in [-0.05, 0) is 29.7 Å². The van der Waals surface area contributed by atoms with Crippen LogP contribution >= 0.6 is 0 Å². The molecule has 1 heterocycles. The molecule has 0 aliphatic carbocycles. The number of nitrogens with two attached hydrogens (primary N) is 1. The van der Waals surface area contributed by atoms with E-state index < -0.39 is 0 Å². The van der Waals surface area contributed by atoms with Crippen molar-refractivity contribution in [1.29, 1.82) is 0 Å². The third-order valence-electron chi connectivity index (χ3n) is 3.07. The van der Waals surface area contributed by atoms with Crippen LogP contribution in [0.4, 0.5) is 5.82 Å². The number of anilines is 1. The highest BCUT2D eigenvalue weighted by molar-refractivity contribution is 5.98. The summed E-state index contributed by atoms with van der Waals surface area (Å²) in [5, 5.41) is 2.87. The molecule has 0 bridgehead atoms. The molecule has 0 radical (unpaired) electrons. The summed E-state index contributed by atoms with van der Waals surface area (Å²) in [6.45, 7) is 2.64. The Balaban J connectivity index is 2.00. The highest BCUT2D eigenvalue weighted by Gasteiger charge is 2.09. The standard InChI is InChI=1S/C16H19N3O/c1-2-5-12-6-3-7-13(10-12)11-19-16(20)14-8-4-9-18-15(14)17/h3-4,6-10H,2,5,11H2,1H3,(H2,17,18)(H,19,20). The maximum atomic E-state index is 12.0. The number of rotatable bonds is 5. The van der Waals surface area contributed by atoms with Gasteiger partial charge in [0.1, 0.15) is 5.82 Å². The molecular weight excluding hydrogens is 250 g/mol. The number of hydrogen-bond donors (Lipinski definition) is 2. The van der Waals surface area contributed by atoms with Crippen LogP contribution in [-0.2, 0) is 13.0 Å². The summed E-state index contributed by atoms with van der Waals surface area (Å²) in [6.07, 6.45) is 3.74. The minimum Gasteiger partial charge on any atom is -0.383 e. The fourth-order valence-electron chi connectivity index (χ4n) is 2.07. The van der Waals surface area contributed by atoms with Crippen molar-refractivity contribution in [3.05, 3.63) is 59.3 Å². The molecule has 0 fully saturated rings. The average molecular weight is 269 g/mol. The average Bonchev–Trinajstić information content (AvgIpc) is 2.46. The summed E-state index contributed by atoms with van der Waals surface area (Å²) in [7, 11) is 0. The van der Waals surface area contributed by atoms with E-state index in [0.29, 0.717) is 12.1 Å². The van der Waals surface area contributed by atoms with Crippen molar-refractivity contribution in [2.45, 2.75) is 26.3 Å². The van der Waals surface area contributed by atoms with Gasteiger partial charge in [-0.25, -0.2) is 4.98 Å². The molecule has 20 heavy (non-hydrogen) atoms. The van der Waals surface area contributed by atoms with Gasteiger partial charge in [0.05, 0.1) is 5.56 Å². The van der Waals surface area contributed by atoms with Crippen LogP contribution in [0.3, 0.4) is 0 Å². The second-order valence-electron chi connectivity index (χ2n) is 4.69. The number of aryl methyl sites for hydroxylation is 1. The zero-order valence-corrected chi connectivity index (χ0v) is 11.6. The molecule has 104 valence electrons. The van der Waals surface area contributed by atoms with Crippen LogP contribution in [0.1, 0.15) is 34.8 Å². The van der Waals surface area contributed by atoms with Crippen molar-refractivity contribution in [3.63, 3.8) is 0 Å². The summed E-state index contributed by atoms with van der Waals surface area (Å²) in [5.74, 6) is 0.0567. The van der Waals surface area contributed by atoms with Crippen LogP contribution < -0.4 is 11.1 Å². The Morgan fingerprint density at radius 2 is 2.05 bits per heavy atom. The Bertz CT molecular complexity index is 596. The van der Waals surface area contributed by atoms with Gasteiger partial charge < -0.3 is 11.1 Å². The number of nitrogens with one attached hydrogen (secondary N) is 1. The quantitative estimate of drug-likeness (QED) is 0.876. The van der Waals surface area contributed by atoms with Crippen LogP contribution in [0, 0.1) is 0 Å². The first-order chi connectivity index (χ1) is 9.70. The molecule has 0 aliphatic rings. The lowest BCUT2D eigenvalue weighted by atomic mass is 10.1. The Morgan fingerprint density at radius 1 is 1.25 bits per heavy atom. The van der Waals surface area contributed by atoms with Gasteiger partial charge in [-0.15, -0.1) is 0 Å². The lowest BCUT2D eigenvalue weighted by molar-refractivity contribution is 0.0951. The molecule has 3 N–H and O–H groups in total. The first-order valence-corrected chi connectivity index (χ1v) is 6.77. The van der Waals surface area contributed by atoms with Crippen molar-refractivity contribution in [1.82, 2.24) is 10.3 Å². The minimum absolute atomic E-state index is 0.198. The van der Waals surface area contributed by atoms with Crippen LogP contribution in [0.15, 0.2) is 42.6 Å². The molecule has 0 aliphatic heterocycles. The summed E-state index contributed by atoms with van der Waals surface area (Å²) in [4.78, 5) is 15.9. The molecule has 1 aromatic carbocycles. The van der Waals surface area contributed by atoms with E-state index in [0.717, 1.165) is 18.4 Å². The first-order valence-electron chi connectivity index (χ1n) is 6.77. The second-order valence-corrected chi connectivity index (χ2v) is 4.69. The molecule has 4 nitrogen and oxygen atoms in total. The largest absolute Gasteiger partial charge is 0.383 e. The normalized spacial score (nSPS) is 10.2.